The Balaban J connectivity index is 1.84. The van der Waals surface area contributed by atoms with E-state index in [0.717, 1.165) is 16.7 Å². The molecular weight excluding hydrogens is 384 g/mol. The molecule has 2 aromatic heterocycles. The maximum absolute atomic E-state index is 13.3. The molecule has 0 saturated carbocycles. The van der Waals surface area contributed by atoms with Crippen LogP contribution in [0.1, 0.15) is 33.0 Å². The minimum atomic E-state index is -1.42. The second-order valence-corrected chi connectivity index (χ2v) is 7.23. The summed E-state index contributed by atoms with van der Waals surface area (Å²) in [4.78, 5) is 24.2. The third-order valence-corrected chi connectivity index (χ3v) is 5.00. The standard InChI is InChI=1S/C24H20O6/c1-13-4-6-16(7-5-13)22-23(28-12-17-8-9-19(29-17)24(26)27)21(25)18-10-14(2)15(3)11-20(18)30-22/h4-11H,12H2,1-3H3,(H,26,27)/p-1. The summed E-state index contributed by atoms with van der Waals surface area (Å²) in [5.74, 6) is -1.12. The fourth-order valence-corrected chi connectivity index (χ4v) is 3.17. The lowest BCUT2D eigenvalue weighted by Gasteiger charge is -2.12. The van der Waals surface area contributed by atoms with E-state index in [9.17, 15) is 14.7 Å². The van der Waals surface area contributed by atoms with Crippen molar-refractivity contribution >= 4 is 16.9 Å². The molecule has 152 valence electrons. The Labute approximate surface area is 172 Å². The summed E-state index contributed by atoms with van der Waals surface area (Å²) in [7, 11) is 0. The predicted molar refractivity (Wildman–Crippen MR) is 110 cm³/mol. The lowest BCUT2D eigenvalue weighted by atomic mass is 10.0. The smallest absolute Gasteiger partial charge is 0.235 e. The monoisotopic (exact) mass is 403 g/mol. The number of fused-ring (bicyclic) bond motifs is 1. The van der Waals surface area contributed by atoms with Gasteiger partial charge in [0.15, 0.2) is 5.76 Å². The molecule has 4 rings (SSSR count). The Morgan fingerprint density at radius 3 is 2.33 bits per heavy atom. The summed E-state index contributed by atoms with van der Waals surface area (Å²) in [5, 5.41) is 11.3. The normalized spacial score (nSPS) is 11.0. The number of aromatic carboxylic acids is 1. The van der Waals surface area contributed by atoms with Gasteiger partial charge >= 0.3 is 0 Å². The Hall–Kier alpha value is -3.80. The van der Waals surface area contributed by atoms with Crippen molar-refractivity contribution in [3.8, 4) is 17.1 Å². The van der Waals surface area contributed by atoms with Gasteiger partial charge in [-0.15, -0.1) is 0 Å². The van der Waals surface area contributed by atoms with Gasteiger partial charge in [-0.25, -0.2) is 0 Å². The highest BCUT2D eigenvalue weighted by Gasteiger charge is 2.19. The van der Waals surface area contributed by atoms with E-state index in [0.29, 0.717) is 22.3 Å². The highest BCUT2D eigenvalue weighted by atomic mass is 16.5. The Morgan fingerprint density at radius 1 is 0.967 bits per heavy atom. The number of hydrogen-bond donors (Lipinski definition) is 0. The number of hydrogen-bond acceptors (Lipinski definition) is 6. The van der Waals surface area contributed by atoms with Crippen LogP contribution in [0.25, 0.3) is 22.3 Å². The van der Waals surface area contributed by atoms with Crippen LogP contribution in [-0.4, -0.2) is 5.97 Å². The number of carbonyl (C=O) groups is 1. The summed E-state index contributed by atoms with van der Waals surface area (Å²) in [5.41, 5.74) is 3.92. The summed E-state index contributed by atoms with van der Waals surface area (Å²) in [6, 6.07) is 13.9. The molecule has 0 fully saturated rings. The molecule has 2 heterocycles. The van der Waals surface area contributed by atoms with Crippen molar-refractivity contribution in [3.63, 3.8) is 0 Å². The van der Waals surface area contributed by atoms with Crippen molar-refractivity contribution < 1.29 is 23.5 Å². The van der Waals surface area contributed by atoms with Crippen molar-refractivity contribution in [1.82, 2.24) is 0 Å². The third kappa shape index (κ3) is 3.59. The van der Waals surface area contributed by atoms with Crippen LogP contribution in [0, 0.1) is 20.8 Å². The molecule has 0 bridgehead atoms. The van der Waals surface area contributed by atoms with Crippen LogP contribution in [0.3, 0.4) is 0 Å². The molecule has 6 heteroatoms. The highest BCUT2D eigenvalue weighted by Crippen LogP contribution is 2.32. The first-order chi connectivity index (χ1) is 14.3. The molecule has 0 aliphatic heterocycles. The third-order valence-electron chi connectivity index (χ3n) is 5.00. The first-order valence-electron chi connectivity index (χ1n) is 9.41. The van der Waals surface area contributed by atoms with Crippen molar-refractivity contribution in [2.75, 3.05) is 0 Å². The van der Waals surface area contributed by atoms with E-state index in [1.165, 1.54) is 12.1 Å². The van der Waals surface area contributed by atoms with Gasteiger partial charge in [-0.1, -0.05) is 29.8 Å². The number of rotatable bonds is 5. The van der Waals surface area contributed by atoms with E-state index >= 15 is 0 Å². The van der Waals surface area contributed by atoms with Crippen LogP contribution in [0.2, 0.25) is 0 Å². The van der Waals surface area contributed by atoms with Gasteiger partial charge < -0.3 is 23.5 Å². The molecule has 6 nitrogen and oxygen atoms in total. The molecule has 0 saturated heterocycles. The number of ether oxygens (including phenoxy) is 1. The van der Waals surface area contributed by atoms with E-state index in [-0.39, 0.29) is 29.3 Å². The first-order valence-corrected chi connectivity index (χ1v) is 9.41. The first kappa shape index (κ1) is 19.5. The molecule has 0 spiro atoms. The molecule has 30 heavy (non-hydrogen) atoms. The second kappa shape index (κ2) is 7.55. The van der Waals surface area contributed by atoms with Crippen LogP contribution in [0.15, 0.2) is 62.2 Å². The van der Waals surface area contributed by atoms with Gasteiger partial charge in [-0.2, -0.15) is 0 Å². The van der Waals surface area contributed by atoms with Crippen LogP contribution in [-0.2, 0) is 6.61 Å². The molecule has 0 aliphatic carbocycles. The summed E-state index contributed by atoms with van der Waals surface area (Å²) in [6.45, 7) is 5.71. The molecule has 0 amide bonds. The zero-order valence-electron chi connectivity index (χ0n) is 16.8. The van der Waals surface area contributed by atoms with Gasteiger partial charge in [-0.05, 0) is 56.2 Å². The minimum absolute atomic E-state index is 0.0426. The molecule has 0 N–H and O–H groups in total. The topological polar surface area (TPSA) is 92.7 Å². The number of furan rings is 1. The lowest BCUT2D eigenvalue weighted by Crippen LogP contribution is -2.21. The van der Waals surface area contributed by atoms with Crippen molar-refractivity contribution in [3.05, 3.63) is 87.0 Å². The maximum atomic E-state index is 13.3. The number of carboxylic acids is 1. The van der Waals surface area contributed by atoms with E-state index in [1.807, 2.05) is 51.1 Å². The number of aryl methyl sites for hydroxylation is 3. The van der Waals surface area contributed by atoms with Gasteiger partial charge in [0, 0.05) is 5.56 Å². The average molecular weight is 403 g/mol. The summed E-state index contributed by atoms with van der Waals surface area (Å²) >= 11 is 0. The molecule has 4 aromatic rings. The predicted octanol–water partition coefficient (Wildman–Crippen LogP) is 3.92. The Kier molecular flexibility index (Phi) is 4.91. The van der Waals surface area contributed by atoms with Gasteiger partial charge in [-0.3, -0.25) is 4.79 Å². The Morgan fingerprint density at radius 2 is 1.67 bits per heavy atom. The van der Waals surface area contributed by atoms with E-state index in [2.05, 4.69) is 0 Å². The number of carboxylic acid groups (broad SMARTS) is 1. The van der Waals surface area contributed by atoms with Gasteiger partial charge in [0.2, 0.25) is 11.2 Å². The van der Waals surface area contributed by atoms with E-state index in [1.54, 1.807) is 6.07 Å². The lowest BCUT2D eigenvalue weighted by molar-refractivity contribution is -0.257. The average Bonchev–Trinajstić information content (AvgIpc) is 3.19. The molecule has 0 aliphatic rings. The Bertz CT molecular complexity index is 1310. The largest absolute Gasteiger partial charge is 0.542 e. The fraction of sp³-hybridized carbons (Fsp3) is 0.167. The van der Waals surface area contributed by atoms with Crippen LogP contribution in [0.4, 0.5) is 0 Å². The summed E-state index contributed by atoms with van der Waals surface area (Å²) in [6.07, 6.45) is 0. The molecule has 2 aromatic carbocycles. The van der Waals surface area contributed by atoms with Gasteiger partial charge in [0.05, 0.1) is 5.39 Å². The molecule has 0 atom stereocenters. The zero-order valence-corrected chi connectivity index (χ0v) is 16.8. The summed E-state index contributed by atoms with van der Waals surface area (Å²) < 4.78 is 17.1. The minimum Gasteiger partial charge on any atom is -0.542 e. The molecular formula is C24H19O6-. The maximum Gasteiger partial charge on any atom is 0.235 e. The highest BCUT2D eigenvalue weighted by molar-refractivity contribution is 5.83. The van der Waals surface area contributed by atoms with Crippen LogP contribution < -0.4 is 15.3 Å². The number of benzene rings is 2. The quantitative estimate of drug-likeness (QED) is 0.501. The molecule has 0 unspecified atom stereocenters. The fourth-order valence-electron chi connectivity index (χ4n) is 3.17. The van der Waals surface area contributed by atoms with Crippen LogP contribution in [0.5, 0.6) is 5.75 Å². The van der Waals surface area contributed by atoms with E-state index in [4.69, 9.17) is 13.6 Å². The zero-order chi connectivity index (χ0) is 21.4. The van der Waals surface area contributed by atoms with Gasteiger partial charge in [0.1, 0.15) is 29.7 Å². The van der Waals surface area contributed by atoms with Crippen LogP contribution >= 0.6 is 0 Å². The van der Waals surface area contributed by atoms with Gasteiger partial charge in [0.25, 0.3) is 0 Å². The molecule has 0 radical (unpaired) electrons. The number of carbonyl (C=O) groups excluding carboxylic acids is 1. The second-order valence-electron chi connectivity index (χ2n) is 7.23. The SMILES string of the molecule is Cc1ccc(-c2oc3cc(C)c(C)cc3c(=O)c2OCc2ccc(C(=O)[O-])o2)cc1. The van der Waals surface area contributed by atoms with Crippen molar-refractivity contribution in [2.24, 2.45) is 0 Å². The van der Waals surface area contributed by atoms with E-state index < -0.39 is 5.97 Å². The van der Waals surface area contributed by atoms with Crippen molar-refractivity contribution in [2.45, 2.75) is 27.4 Å². The van der Waals surface area contributed by atoms with Crippen molar-refractivity contribution in [1.29, 1.82) is 0 Å².